The zero-order chi connectivity index (χ0) is 13.8. The van der Waals surface area contributed by atoms with Gasteiger partial charge in [0.1, 0.15) is 5.82 Å². The van der Waals surface area contributed by atoms with Crippen molar-refractivity contribution in [3.05, 3.63) is 12.1 Å². The first-order valence-electron chi connectivity index (χ1n) is 7.00. The van der Waals surface area contributed by atoms with Crippen molar-refractivity contribution in [1.82, 2.24) is 9.88 Å². The number of piperazine rings is 1. The second-order valence-corrected chi connectivity index (χ2v) is 5.15. The Hall–Kier alpha value is -1.49. The van der Waals surface area contributed by atoms with Crippen LogP contribution in [0.1, 0.15) is 20.8 Å². The molecule has 2 heterocycles. The number of nitrogens with two attached hydrogens (primary N) is 1. The lowest BCUT2D eigenvalue weighted by atomic mass is 10.3. The van der Waals surface area contributed by atoms with Crippen LogP contribution in [0.25, 0.3) is 0 Å². The zero-order valence-electron chi connectivity index (χ0n) is 12.1. The van der Waals surface area contributed by atoms with Crippen LogP contribution in [-0.2, 0) is 0 Å². The number of pyridine rings is 1. The molecule has 0 spiro atoms. The number of hydrogen-bond acceptors (Lipinski definition) is 5. The first kappa shape index (κ1) is 13.9. The van der Waals surface area contributed by atoms with Crippen LogP contribution in [0.5, 0.6) is 5.88 Å². The summed E-state index contributed by atoms with van der Waals surface area (Å²) >= 11 is 0. The van der Waals surface area contributed by atoms with Crippen LogP contribution in [0.15, 0.2) is 12.1 Å². The third-order valence-corrected chi connectivity index (χ3v) is 3.37. The maximum Gasteiger partial charge on any atom is 0.239 e. The third kappa shape index (κ3) is 3.50. The molecule has 0 aromatic carbocycles. The van der Waals surface area contributed by atoms with E-state index in [0.29, 0.717) is 11.6 Å². The fourth-order valence-electron chi connectivity index (χ4n) is 2.23. The highest BCUT2D eigenvalue weighted by Crippen LogP contribution is 2.24. The Balaban J connectivity index is 2.08. The summed E-state index contributed by atoms with van der Waals surface area (Å²) < 4.78 is 5.65. The van der Waals surface area contributed by atoms with E-state index < -0.39 is 0 Å². The summed E-state index contributed by atoms with van der Waals surface area (Å²) in [6.07, 6.45) is 0.0852. The van der Waals surface area contributed by atoms with Crippen molar-refractivity contribution in [2.24, 2.45) is 0 Å². The Labute approximate surface area is 115 Å². The molecule has 106 valence electrons. The molecule has 1 fully saturated rings. The number of likely N-dealkylation sites (N-methyl/N-ethyl adjacent to an activating group) is 1. The summed E-state index contributed by atoms with van der Waals surface area (Å²) in [6, 6.07) is 3.86. The number of rotatable bonds is 4. The first-order valence-corrected chi connectivity index (χ1v) is 7.00. The van der Waals surface area contributed by atoms with Gasteiger partial charge in [0.2, 0.25) is 5.88 Å². The normalized spacial score (nSPS) is 16.9. The topological polar surface area (TPSA) is 54.6 Å². The maximum absolute atomic E-state index is 5.90. The maximum atomic E-state index is 5.90. The minimum Gasteiger partial charge on any atom is -0.473 e. The fourth-order valence-corrected chi connectivity index (χ4v) is 2.23. The Kier molecular flexibility index (Phi) is 4.47. The van der Waals surface area contributed by atoms with E-state index >= 15 is 0 Å². The molecular formula is C14H24N4O. The molecule has 0 aliphatic carbocycles. The SMILES string of the molecule is CCN1CCN(c2ccc(N)c(OC(C)C)n2)CC1. The lowest BCUT2D eigenvalue weighted by molar-refractivity contribution is 0.233. The number of nitrogen functional groups attached to an aromatic ring is 1. The average Bonchev–Trinajstić information content (AvgIpc) is 2.41. The minimum absolute atomic E-state index is 0.0852. The van der Waals surface area contributed by atoms with Crippen molar-refractivity contribution in [2.45, 2.75) is 26.9 Å². The molecule has 0 amide bonds. The van der Waals surface area contributed by atoms with Gasteiger partial charge in [0.05, 0.1) is 11.8 Å². The van der Waals surface area contributed by atoms with Crippen molar-refractivity contribution >= 4 is 11.5 Å². The highest BCUT2D eigenvalue weighted by Gasteiger charge is 2.18. The van der Waals surface area contributed by atoms with Gasteiger partial charge in [0, 0.05) is 26.2 Å². The van der Waals surface area contributed by atoms with E-state index in [2.05, 4.69) is 21.7 Å². The summed E-state index contributed by atoms with van der Waals surface area (Å²) in [5.74, 6) is 1.51. The number of nitrogens with zero attached hydrogens (tertiary/aromatic N) is 3. The lowest BCUT2D eigenvalue weighted by Crippen LogP contribution is -2.46. The van der Waals surface area contributed by atoms with Crippen molar-refractivity contribution in [2.75, 3.05) is 43.4 Å². The Morgan fingerprint density at radius 3 is 2.53 bits per heavy atom. The predicted octanol–water partition coefficient (Wildman–Crippen LogP) is 1.59. The Morgan fingerprint density at radius 2 is 1.95 bits per heavy atom. The third-order valence-electron chi connectivity index (χ3n) is 3.37. The van der Waals surface area contributed by atoms with Crippen molar-refractivity contribution < 1.29 is 4.74 Å². The summed E-state index contributed by atoms with van der Waals surface area (Å²) in [5, 5.41) is 0. The van der Waals surface area contributed by atoms with Crippen molar-refractivity contribution in [3.63, 3.8) is 0 Å². The second-order valence-electron chi connectivity index (χ2n) is 5.15. The number of ether oxygens (including phenoxy) is 1. The van der Waals surface area contributed by atoms with E-state index in [1.165, 1.54) is 0 Å². The van der Waals surface area contributed by atoms with Gasteiger partial charge in [0.15, 0.2) is 0 Å². The average molecular weight is 264 g/mol. The van der Waals surface area contributed by atoms with Crippen LogP contribution >= 0.6 is 0 Å². The van der Waals surface area contributed by atoms with Gasteiger partial charge in [-0.3, -0.25) is 0 Å². The van der Waals surface area contributed by atoms with E-state index in [9.17, 15) is 0 Å². The molecular weight excluding hydrogens is 240 g/mol. The van der Waals surface area contributed by atoms with Gasteiger partial charge in [-0.2, -0.15) is 4.98 Å². The Bertz CT molecular complexity index is 414. The van der Waals surface area contributed by atoms with Crippen LogP contribution in [0.3, 0.4) is 0 Å². The molecule has 1 aliphatic heterocycles. The van der Waals surface area contributed by atoms with Gasteiger partial charge in [-0.25, -0.2) is 0 Å². The standard InChI is InChI=1S/C14H24N4O/c1-4-17-7-9-18(10-8-17)13-6-5-12(15)14(16-13)19-11(2)3/h5-6,11H,4,7-10,15H2,1-3H3. The molecule has 1 aliphatic rings. The van der Waals surface area contributed by atoms with Gasteiger partial charge in [-0.1, -0.05) is 6.92 Å². The lowest BCUT2D eigenvalue weighted by Gasteiger charge is -2.34. The molecule has 0 saturated carbocycles. The van der Waals surface area contributed by atoms with Gasteiger partial charge in [0.25, 0.3) is 0 Å². The zero-order valence-corrected chi connectivity index (χ0v) is 12.1. The van der Waals surface area contributed by atoms with Gasteiger partial charge in [-0.05, 0) is 32.5 Å². The van der Waals surface area contributed by atoms with Crippen LogP contribution in [0.4, 0.5) is 11.5 Å². The molecule has 0 atom stereocenters. The molecule has 1 aromatic heterocycles. The molecule has 19 heavy (non-hydrogen) atoms. The van der Waals surface area contributed by atoms with E-state index in [1.54, 1.807) is 0 Å². The molecule has 1 saturated heterocycles. The predicted molar refractivity (Wildman–Crippen MR) is 78.7 cm³/mol. The molecule has 0 bridgehead atoms. The number of anilines is 2. The van der Waals surface area contributed by atoms with Crippen molar-refractivity contribution in [1.29, 1.82) is 0 Å². The van der Waals surface area contributed by atoms with Crippen LogP contribution in [0, 0.1) is 0 Å². The highest BCUT2D eigenvalue weighted by molar-refractivity contribution is 5.54. The largest absolute Gasteiger partial charge is 0.473 e. The second kappa shape index (κ2) is 6.10. The van der Waals surface area contributed by atoms with E-state index in [1.807, 2.05) is 26.0 Å². The van der Waals surface area contributed by atoms with Crippen LogP contribution < -0.4 is 15.4 Å². The summed E-state index contributed by atoms with van der Waals surface area (Å²) in [7, 11) is 0. The number of aromatic nitrogens is 1. The molecule has 5 nitrogen and oxygen atoms in total. The van der Waals surface area contributed by atoms with Crippen molar-refractivity contribution in [3.8, 4) is 5.88 Å². The summed E-state index contributed by atoms with van der Waals surface area (Å²) in [4.78, 5) is 9.28. The molecule has 2 N–H and O–H groups in total. The highest BCUT2D eigenvalue weighted by atomic mass is 16.5. The molecule has 2 rings (SSSR count). The van der Waals surface area contributed by atoms with Crippen LogP contribution in [0.2, 0.25) is 0 Å². The first-order chi connectivity index (χ1) is 9.10. The molecule has 0 radical (unpaired) electrons. The van der Waals surface area contributed by atoms with Crippen LogP contribution in [-0.4, -0.2) is 48.7 Å². The van der Waals surface area contributed by atoms with E-state index in [0.717, 1.165) is 38.5 Å². The molecule has 0 unspecified atom stereocenters. The summed E-state index contributed by atoms with van der Waals surface area (Å²) in [6.45, 7) is 11.5. The summed E-state index contributed by atoms with van der Waals surface area (Å²) in [5.41, 5.74) is 6.50. The van der Waals surface area contributed by atoms with Gasteiger partial charge < -0.3 is 20.3 Å². The quantitative estimate of drug-likeness (QED) is 0.895. The minimum atomic E-state index is 0.0852. The van der Waals surface area contributed by atoms with E-state index in [-0.39, 0.29) is 6.10 Å². The van der Waals surface area contributed by atoms with E-state index in [4.69, 9.17) is 10.5 Å². The van der Waals surface area contributed by atoms with Gasteiger partial charge in [-0.15, -0.1) is 0 Å². The van der Waals surface area contributed by atoms with Gasteiger partial charge >= 0.3 is 0 Å². The monoisotopic (exact) mass is 264 g/mol. The fraction of sp³-hybridized carbons (Fsp3) is 0.643. The Morgan fingerprint density at radius 1 is 1.26 bits per heavy atom. The number of hydrogen-bond donors (Lipinski definition) is 1. The molecule has 5 heteroatoms. The smallest absolute Gasteiger partial charge is 0.239 e. The molecule has 1 aromatic rings.